The monoisotopic (exact) mass is 875 g/mol. The molecule has 0 aliphatic rings. The number of nitrogens with one attached hydrogen (secondary N) is 3. The van der Waals surface area contributed by atoms with Gasteiger partial charge in [0, 0.05) is 0 Å². The first-order valence-corrected chi connectivity index (χ1v) is 19.2. The molecule has 0 bridgehead atoms. The van der Waals surface area contributed by atoms with Gasteiger partial charge in [-0.25, -0.2) is 14.4 Å². The first-order valence-electron chi connectivity index (χ1n) is 19.2. The van der Waals surface area contributed by atoms with Crippen LogP contribution in [0.1, 0.15) is 150 Å². The molecule has 0 aromatic heterocycles. The van der Waals surface area contributed by atoms with Crippen molar-refractivity contribution in [1.82, 2.24) is 16.0 Å². The highest BCUT2D eigenvalue weighted by Gasteiger charge is 2.41. The van der Waals surface area contributed by atoms with Crippen LogP contribution in [0.5, 0.6) is 0 Å². The average Bonchev–Trinajstić information content (AvgIpc) is 2.91. The van der Waals surface area contributed by atoms with E-state index in [2.05, 4.69) is 10.6 Å². The van der Waals surface area contributed by atoms with Crippen LogP contribution in [0.25, 0.3) is 0 Å². The van der Waals surface area contributed by atoms with Crippen molar-refractivity contribution in [2.45, 2.75) is 192 Å². The summed E-state index contributed by atoms with van der Waals surface area (Å²) in [4.78, 5) is 77.0. The van der Waals surface area contributed by atoms with Crippen LogP contribution in [0.4, 0.5) is 22.8 Å². The summed E-state index contributed by atoms with van der Waals surface area (Å²) >= 11 is 0. The topological polar surface area (TPSA) is 293 Å². The van der Waals surface area contributed by atoms with Crippen molar-refractivity contribution in [3.05, 3.63) is 0 Å². The molecule has 0 radical (unpaired) electrons. The molecule has 0 unspecified atom stereocenters. The summed E-state index contributed by atoms with van der Waals surface area (Å²) in [5, 5.41) is 23.9. The van der Waals surface area contributed by atoms with Gasteiger partial charge in [-0.3, -0.25) is 19.2 Å². The standard InChI is InChI=1S/C12H24N2O3.C12H23NO4.C9H15F3N2O2.C7H15NO2/c1-11(2,3)7-8(9(13)15)14-10(16)17-12(4,5)6;1-11(2,3)7-8(9(14)15)13-10(16)17-12(4,5)6;1-8(2,3)4-5(6(13)15)14-7(16)9(10,11)12;1-7(2,3)4-5(8)6(9)10/h8H,7H2,1-6H3,(H2,13,15)(H,14,16);8H,7H2,1-6H3,(H,13,16)(H,14,15);5H,4H2,1-3H3,(H2,13,15)(H,14,16);5H,4,8H2,1-3H3,(H,9,10)/t2*8-;2*5-/m1111/s1. The Hall–Kier alpha value is -4.36. The lowest BCUT2D eigenvalue weighted by Gasteiger charge is -2.26. The Labute approximate surface area is 354 Å². The summed E-state index contributed by atoms with van der Waals surface area (Å²) in [6, 6.07) is -3.66. The van der Waals surface area contributed by atoms with Crippen LogP contribution >= 0.6 is 0 Å². The molecular weight excluding hydrogens is 797 g/mol. The van der Waals surface area contributed by atoms with E-state index in [9.17, 15) is 46.7 Å². The molecule has 354 valence electrons. The minimum atomic E-state index is -5.01. The van der Waals surface area contributed by atoms with Crippen molar-refractivity contribution in [2.24, 2.45) is 38.9 Å². The molecule has 0 spiro atoms. The second-order valence-electron chi connectivity index (χ2n) is 21.1. The van der Waals surface area contributed by atoms with Crippen molar-refractivity contribution >= 4 is 41.8 Å². The zero-order valence-electron chi connectivity index (χ0n) is 39.1. The predicted molar refractivity (Wildman–Crippen MR) is 222 cm³/mol. The van der Waals surface area contributed by atoms with Crippen LogP contribution in [0.3, 0.4) is 0 Å². The molecule has 0 saturated carbocycles. The quantitative estimate of drug-likeness (QED) is 0.119. The van der Waals surface area contributed by atoms with E-state index in [4.69, 9.17) is 36.9 Å². The number of carboxylic acids is 2. The lowest BCUT2D eigenvalue weighted by Crippen LogP contribution is -2.50. The van der Waals surface area contributed by atoms with Gasteiger partial charge in [0.2, 0.25) is 11.8 Å². The summed E-state index contributed by atoms with van der Waals surface area (Å²) in [6.45, 7) is 33.2. The number of primary amides is 2. The lowest BCUT2D eigenvalue weighted by atomic mass is 9.88. The average molecular weight is 875 g/mol. The Bertz CT molecular complexity index is 1340. The Morgan fingerprint density at radius 3 is 0.950 bits per heavy atom. The van der Waals surface area contributed by atoms with Gasteiger partial charge >= 0.3 is 36.2 Å². The third-order valence-corrected chi connectivity index (χ3v) is 6.53. The Kier molecular flexibility index (Phi) is 25.7. The molecule has 0 aliphatic heterocycles. The van der Waals surface area contributed by atoms with Crippen LogP contribution in [0.15, 0.2) is 0 Å². The number of carbonyl (C=O) groups is 7. The van der Waals surface area contributed by atoms with Crippen LogP contribution in [0.2, 0.25) is 0 Å². The number of carbonyl (C=O) groups excluding carboxylic acids is 5. The summed E-state index contributed by atoms with van der Waals surface area (Å²) in [5.74, 6) is -5.65. The van der Waals surface area contributed by atoms with Gasteiger partial charge in [0.15, 0.2) is 0 Å². The van der Waals surface area contributed by atoms with Gasteiger partial charge in [-0.2, -0.15) is 13.2 Å². The van der Waals surface area contributed by atoms with Gasteiger partial charge in [-0.1, -0.05) is 83.1 Å². The van der Waals surface area contributed by atoms with E-state index < -0.39 is 88.8 Å². The molecule has 0 aromatic rings. The molecule has 20 heteroatoms. The van der Waals surface area contributed by atoms with Gasteiger partial charge in [0.25, 0.3) is 0 Å². The van der Waals surface area contributed by atoms with Crippen molar-refractivity contribution in [3.63, 3.8) is 0 Å². The summed E-state index contributed by atoms with van der Waals surface area (Å²) in [5.41, 5.74) is 13.5. The highest BCUT2D eigenvalue weighted by molar-refractivity contribution is 5.89. The van der Waals surface area contributed by atoms with Crippen LogP contribution in [0, 0.1) is 21.7 Å². The number of hydrogen-bond acceptors (Lipinski definition) is 10. The number of halogens is 3. The number of alkyl halides is 3. The van der Waals surface area contributed by atoms with Crippen LogP contribution in [-0.4, -0.2) is 93.6 Å². The number of hydrogen-bond donors (Lipinski definition) is 8. The van der Waals surface area contributed by atoms with Crippen LogP contribution < -0.4 is 33.2 Å². The molecule has 0 saturated heterocycles. The fraction of sp³-hybridized carbons (Fsp3) is 0.825. The maximum atomic E-state index is 11.9. The maximum Gasteiger partial charge on any atom is 0.471 e. The van der Waals surface area contributed by atoms with Crippen molar-refractivity contribution < 1.29 is 66.4 Å². The number of alkyl carbamates (subject to hydrolysis) is 2. The minimum absolute atomic E-state index is 0.00218. The van der Waals surface area contributed by atoms with Gasteiger partial charge in [0.1, 0.15) is 35.4 Å². The van der Waals surface area contributed by atoms with Crippen LogP contribution in [-0.2, 0) is 33.4 Å². The predicted octanol–water partition coefficient (Wildman–Crippen LogP) is 5.99. The van der Waals surface area contributed by atoms with Gasteiger partial charge in [0.05, 0.1) is 0 Å². The number of ether oxygens (including phenoxy) is 2. The number of nitrogens with two attached hydrogens (primary N) is 3. The van der Waals surface area contributed by atoms with E-state index in [1.807, 2.05) is 62.3 Å². The summed E-state index contributed by atoms with van der Waals surface area (Å²) < 4.78 is 45.9. The zero-order chi connectivity index (χ0) is 49.2. The maximum absolute atomic E-state index is 11.9. The fourth-order valence-corrected chi connectivity index (χ4v) is 4.37. The number of carboxylic acid groups (broad SMARTS) is 2. The normalized spacial score (nSPS) is 14.2. The summed E-state index contributed by atoms with van der Waals surface area (Å²) in [7, 11) is 0. The molecule has 0 fully saturated rings. The molecule has 4 atom stereocenters. The smallest absolute Gasteiger partial charge is 0.471 e. The van der Waals surface area contributed by atoms with E-state index in [0.29, 0.717) is 19.3 Å². The Balaban J connectivity index is -0.000000354. The molecule has 0 aromatic carbocycles. The molecule has 60 heavy (non-hydrogen) atoms. The number of amides is 5. The molecule has 17 nitrogen and oxygen atoms in total. The largest absolute Gasteiger partial charge is 0.480 e. The van der Waals surface area contributed by atoms with E-state index >= 15 is 0 Å². The molecule has 0 aliphatic carbocycles. The lowest BCUT2D eigenvalue weighted by molar-refractivity contribution is -0.174. The number of aliphatic carboxylic acids is 2. The first kappa shape index (κ1) is 62.3. The second-order valence-corrected chi connectivity index (χ2v) is 21.1. The van der Waals surface area contributed by atoms with Gasteiger partial charge in [-0.15, -0.1) is 0 Å². The van der Waals surface area contributed by atoms with E-state index in [-0.39, 0.29) is 22.7 Å². The highest BCUT2D eigenvalue weighted by atomic mass is 19.4. The number of rotatable bonds is 11. The molecule has 0 heterocycles. The molecule has 11 N–H and O–H groups in total. The van der Waals surface area contributed by atoms with Gasteiger partial charge in [-0.05, 0) is 88.9 Å². The fourth-order valence-electron chi connectivity index (χ4n) is 4.37. The van der Waals surface area contributed by atoms with Crippen molar-refractivity contribution in [3.8, 4) is 0 Å². The van der Waals surface area contributed by atoms with Crippen molar-refractivity contribution in [2.75, 3.05) is 0 Å². The SMILES string of the molecule is CC(C)(C)C[C@@H](N)C(=O)O.CC(C)(C)C[C@@H](NC(=O)C(F)(F)F)C(N)=O.CC(C)(C)C[C@@H](NC(=O)OC(C)(C)C)C(=O)O.CC(C)(C)C[C@@H](NC(=O)OC(C)(C)C)C(N)=O. The zero-order valence-corrected chi connectivity index (χ0v) is 39.1. The summed E-state index contributed by atoms with van der Waals surface area (Å²) in [6.07, 6.45) is -4.94. The highest BCUT2D eigenvalue weighted by Crippen LogP contribution is 2.24. The third kappa shape index (κ3) is 41.8. The molecule has 5 amide bonds. The molecule has 0 rings (SSSR count). The van der Waals surface area contributed by atoms with Gasteiger partial charge < -0.3 is 52.8 Å². The van der Waals surface area contributed by atoms with E-state index in [1.165, 1.54) is 0 Å². The third-order valence-electron chi connectivity index (χ3n) is 6.53. The Morgan fingerprint density at radius 2 is 0.750 bits per heavy atom. The van der Waals surface area contributed by atoms with E-state index in [1.54, 1.807) is 67.6 Å². The second kappa shape index (κ2) is 24.8. The molecular formula is C40H77F3N6O11. The van der Waals surface area contributed by atoms with E-state index in [0.717, 1.165) is 0 Å². The van der Waals surface area contributed by atoms with Crippen molar-refractivity contribution in [1.29, 1.82) is 0 Å². The minimum Gasteiger partial charge on any atom is -0.480 e. The Morgan fingerprint density at radius 1 is 0.483 bits per heavy atom. The first-order chi connectivity index (χ1) is 26.1.